The van der Waals surface area contributed by atoms with Crippen molar-refractivity contribution in [1.82, 2.24) is 9.21 Å². The number of benzene rings is 2. The van der Waals surface area contributed by atoms with Crippen molar-refractivity contribution in [3.8, 4) is 11.5 Å². The maximum absolute atomic E-state index is 13.0. The minimum Gasteiger partial charge on any atom is -0.497 e. The van der Waals surface area contributed by atoms with Crippen molar-refractivity contribution in [1.29, 1.82) is 0 Å². The lowest BCUT2D eigenvalue weighted by Gasteiger charge is -2.33. The third-order valence-electron chi connectivity index (χ3n) is 4.81. The van der Waals surface area contributed by atoms with Gasteiger partial charge in [0, 0.05) is 32.7 Å². The van der Waals surface area contributed by atoms with Gasteiger partial charge in [-0.05, 0) is 24.3 Å². The van der Waals surface area contributed by atoms with Gasteiger partial charge in [-0.3, -0.25) is 15.0 Å². The Morgan fingerprint density at radius 1 is 1.13 bits per heavy atom. The van der Waals surface area contributed by atoms with E-state index in [1.165, 1.54) is 23.5 Å². The van der Waals surface area contributed by atoms with E-state index in [9.17, 15) is 18.5 Å². The van der Waals surface area contributed by atoms with Gasteiger partial charge in [0.15, 0.2) is 4.90 Å². The summed E-state index contributed by atoms with van der Waals surface area (Å²) in [6, 6.07) is 10.9. The molecule has 0 N–H and O–H groups in total. The molecule has 0 unspecified atom stereocenters. The number of nitro groups is 1. The molecule has 0 spiro atoms. The van der Waals surface area contributed by atoms with Crippen LogP contribution in [-0.4, -0.2) is 69.0 Å². The molecule has 0 saturated carbocycles. The predicted octanol–water partition coefficient (Wildman–Crippen LogP) is 2.64. The van der Waals surface area contributed by atoms with Gasteiger partial charge in [-0.1, -0.05) is 23.7 Å². The Kier molecular flexibility index (Phi) is 7.14. The quantitative estimate of drug-likeness (QED) is 0.445. The number of hydrogen-bond donors (Lipinski definition) is 0. The van der Waals surface area contributed by atoms with Crippen molar-refractivity contribution in [3.05, 3.63) is 57.6 Å². The summed E-state index contributed by atoms with van der Waals surface area (Å²) in [6.45, 7) is 2.49. The number of methoxy groups -OCH3 is 1. The number of nitro benzene ring substituents is 1. The van der Waals surface area contributed by atoms with Crippen molar-refractivity contribution in [2.45, 2.75) is 4.90 Å². The van der Waals surface area contributed by atoms with Gasteiger partial charge in [-0.2, -0.15) is 4.31 Å². The minimum atomic E-state index is -3.99. The summed E-state index contributed by atoms with van der Waals surface area (Å²) in [7, 11) is -2.63. The Bertz CT molecular complexity index is 1010. The second-order valence-corrected chi connectivity index (χ2v) is 8.93. The second-order valence-electron chi connectivity index (χ2n) is 6.62. The number of ether oxygens (including phenoxy) is 2. The fourth-order valence-corrected chi connectivity index (χ4v) is 4.91. The van der Waals surface area contributed by atoms with E-state index in [2.05, 4.69) is 4.90 Å². The van der Waals surface area contributed by atoms with Crippen LogP contribution in [0.15, 0.2) is 47.4 Å². The topological polar surface area (TPSA) is 102 Å². The fourth-order valence-electron chi connectivity index (χ4n) is 3.16. The maximum Gasteiger partial charge on any atom is 0.293 e. The molecule has 0 aromatic heterocycles. The molecule has 1 saturated heterocycles. The van der Waals surface area contributed by atoms with Gasteiger partial charge in [0.1, 0.15) is 18.1 Å². The number of hydrogen-bond acceptors (Lipinski definition) is 7. The van der Waals surface area contributed by atoms with Crippen LogP contribution in [0, 0.1) is 10.1 Å². The Morgan fingerprint density at radius 3 is 2.47 bits per heavy atom. The van der Waals surface area contributed by atoms with Gasteiger partial charge in [0.25, 0.3) is 5.69 Å². The summed E-state index contributed by atoms with van der Waals surface area (Å²) in [5.41, 5.74) is -0.495. The van der Waals surface area contributed by atoms with Gasteiger partial charge < -0.3 is 9.47 Å². The van der Waals surface area contributed by atoms with Gasteiger partial charge in [0.05, 0.1) is 23.1 Å². The van der Waals surface area contributed by atoms with Crippen molar-refractivity contribution in [2.75, 3.05) is 46.4 Å². The second kappa shape index (κ2) is 9.61. The highest BCUT2D eigenvalue weighted by molar-refractivity contribution is 7.89. The van der Waals surface area contributed by atoms with Crippen molar-refractivity contribution < 1.29 is 22.8 Å². The number of para-hydroxylation sites is 1. The standard InChI is InChI=1S/C19H22ClN3O6S/c1-28-15-6-7-19(17(14-15)23(24)25)30(26,27)22-10-8-21(9-11-22)12-13-29-18-5-3-2-4-16(18)20/h2-7,14H,8-13H2,1H3. The monoisotopic (exact) mass is 455 g/mol. The van der Waals surface area contributed by atoms with E-state index in [1.807, 2.05) is 12.1 Å². The summed E-state index contributed by atoms with van der Waals surface area (Å²) in [5.74, 6) is 0.830. The lowest BCUT2D eigenvalue weighted by Crippen LogP contribution is -2.49. The van der Waals surface area contributed by atoms with Crippen LogP contribution in [-0.2, 0) is 10.0 Å². The number of halogens is 1. The Hall–Kier alpha value is -2.40. The van der Waals surface area contributed by atoms with Crippen molar-refractivity contribution in [3.63, 3.8) is 0 Å². The summed E-state index contributed by atoms with van der Waals surface area (Å²) >= 11 is 6.06. The number of sulfonamides is 1. The first-order valence-corrected chi connectivity index (χ1v) is 11.1. The maximum atomic E-state index is 13.0. The van der Waals surface area contributed by atoms with E-state index in [-0.39, 0.29) is 23.7 Å². The molecule has 162 valence electrons. The lowest BCUT2D eigenvalue weighted by atomic mass is 10.3. The van der Waals surface area contributed by atoms with Crippen molar-refractivity contribution in [2.24, 2.45) is 0 Å². The molecule has 2 aromatic carbocycles. The minimum absolute atomic E-state index is 0.226. The van der Waals surface area contributed by atoms with Crippen LogP contribution in [0.1, 0.15) is 0 Å². The zero-order valence-electron chi connectivity index (χ0n) is 16.4. The van der Waals surface area contributed by atoms with E-state index in [0.717, 1.165) is 6.07 Å². The molecular formula is C19H22ClN3O6S. The largest absolute Gasteiger partial charge is 0.497 e. The SMILES string of the molecule is COc1ccc(S(=O)(=O)N2CCN(CCOc3ccccc3Cl)CC2)c([N+](=O)[O-])c1. The van der Waals surface area contributed by atoms with E-state index < -0.39 is 20.6 Å². The molecule has 1 aliphatic heterocycles. The zero-order valence-corrected chi connectivity index (χ0v) is 17.9. The molecule has 9 nitrogen and oxygen atoms in total. The number of rotatable bonds is 8. The molecule has 1 aliphatic rings. The normalized spacial score (nSPS) is 15.7. The fraction of sp³-hybridized carbons (Fsp3) is 0.368. The third-order valence-corrected chi connectivity index (χ3v) is 7.07. The predicted molar refractivity (Wildman–Crippen MR) is 112 cm³/mol. The molecular weight excluding hydrogens is 434 g/mol. The highest BCUT2D eigenvalue weighted by atomic mass is 35.5. The molecule has 1 fully saturated rings. The van der Waals surface area contributed by atoms with Crippen LogP contribution in [0.2, 0.25) is 5.02 Å². The molecule has 3 rings (SSSR count). The van der Waals surface area contributed by atoms with Crippen LogP contribution in [0.3, 0.4) is 0 Å². The van der Waals surface area contributed by atoms with Crippen LogP contribution >= 0.6 is 11.6 Å². The zero-order chi connectivity index (χ0) is 21.7. The van der Waals surface area contributed by atoms with Crippen molar-refractivity contribution >= 4 is 27.3 Å². The van der Waals surface area contributed by atoms with Gasteiger partial charge >= 0.3 is 0 Å². The number of nitrogens with zero attached hydrogens (tertiary/aromatic N) is 3. The van der Waals surface area contributed by atoms with Gasteiger partial charge in [-0.25, -0.2) is 8.42 Å². The molecule has 0 amide bonds. The van der Waals surface area contributed by atoms with E-state index in [4.69, 9.17) is 21.1 Å². The average molecular weight is 456 g/mol. The summed E-state index contributed by atoms with van der Waals surface area (Å²) in [5, 5.41) is 11.9. The molecule has 1 heterocycles. The molecule has 30 heavy (non-hydrogen) atoms. The number of piperazine rings is 1. The van der Waals surface area contributed by atoms with E-state index in [1.54, 1.807) is 12.1 Å². The molecule has 11 heteroatoms. The van der Waals surface area contributed by atoms with Crippen LogP contribution < -0.4 is 9.47 Å². The van der Waals surface area contributed by atoms with E-state index >= 15 is 0 Å². The summed E-state index contributed by atoms with van der Waals surface area (Å²) < 4.78 is 37.9. The first-order valence-electron chi connectivity index (χ1n) is 9.25. The smallest absolute Gasteiger partial charge is 0.293 e. The highest BCUT2D eigenvalue weighted by Crippen LogP contribution is 2.31. The Balaban J connectivity index is 1.60. The van der Waals surface area contributed by atoms with E-state index in [0.29, 0.717) is 37.0 Å². The van der Waals surface area contributed by atoms with Gasteiger partial charge in [-0.15, -0.1) is 0 Å². The Labute approximate surface area is 180 Å². The highest BCUT2D eigenvalue weighted by Gasteiger charge is 2.34. The first kappa shape index (κ1) is 22.3. The summed E-state index contributed by atoms with van der Waals surface area (Å²) in [6.07, 6.45) is 0. The lowest BCUT2D eigenvalue weighted by molar-refractivity contribution is -0.387. The average Bonchev–Trinajstić information content (AvgIpc) is 2.75. The molecule has 0 atom stereocenters. The van der Waals surface area contributed by atoms with Crippen LogP contribution in [0.5, 0.6) is 11.5 Å². The third kappa shape index (κ3) is 5.01. The van der Waals surface area contributed by atoms with Crippen LogP contribution in [0.4, 0.5) is 5.69 Å². The van der Waals surface area contributed by atoms with Gasteiger partial charge in [0.2, 0.25) is 10.0 Å². The van der Waals surface area contributed by atoms with Crippen LogP contribution in [0.25, 0.3) is 0 Å². The molecule has 0 radical (unpaired) electrons. The molecule has 0 bridgehead atoms. The first-order chi connectivity index (χ1) is 14.3. The Morgan fingerprint density at radius 2 is 1.83 bits per heavy atom. The molecule has 0 aliphatic carbocycles. The summed E-state index contributed by atoms with van der Waals surface area (Å²) in [4.78, 5) is 12.4. The molecule has 2 aromatic rings.